The van der Waals surface area contributed by atoms with Gasteiger partial charge in [-0.2, -0.15) is 0 Å². The van der Waals surface area contributed by atoms with Crippen molar-refractivity contribution in [2.24, 2.45) is 5.92 Å². The fourth-order valence-corrected chi connectivity index (χ4v) is 6.48. The summed E-state index contributed by atoms with van der Waals surface area (Å²) in [6.45, 7) is 6.95. The van der Waals surface area contributed by atoms with Gasteiger partial charge < -0.3 is 25.2 Å². The number of likely N-dealkylation sites (tertiary alicyclic amines) is 1. The molecule has 2 aliphatic heterocycles. The van der Waals surface area contributed by atoms with Crippen LogP contribution in [0.2, 0.25) is 0 Å². The average Bonchev–Trinajstić information content (AvgIpc) is 3.79. The fourth-order valence-electron chi connectivity index (χ4n) is 6.48. The molecule has 47 heavy (non-hydrogen) atoms. The van der Waals surface area contributed by atoms with E-state index in [1.165, 1.54) is 42.0 Å². The lowest BCUT2D eigenvalue weighted by molar-refractivity contribution is -0.138. The van der Waals surface area contributed by atoms with Gasteiger partial charge in [0.1, 0.15) is 23.7 Å². The highest BCUT2D eigenvalue weighted by Gasteiger charge is 2.40. The Morgan fingerprint density at radius 3 is 2.55 bits per heavy atom. The number of nitrogens with zero attached hydrogens (tertiary/aromatic N) is 3. The lowest BCUT2D eigenvalue weighted by atomic mass is 9.98. The molecule has 9 nitrogen and oxygen atoms in total. The number of halogens is 2. The van der Waals surface area contributed by atoms with Gasteiger partial charge >= 0.3 is 0 Å². The number of allylic oxidation sites excluding steroid dienone is 1. The number of amides is 3. The van der Waals surface area contributed by atoms with Crippen LogP contribution in [0.4, 0.5) is 14.5 Å². The number of benzene rings is 2. The van der Waals surface area contributed by atoms with Crippen molar-refractivity contribution in [3.8, 4) is 0 Å². The molecule has 5 atom stereocenters. The molecule has 0 spiro atoms. The van der Waals surface area contributed by atoms with Crippen LogP contribution in [0.3, 0.4) is 0 Å². The molecule has 1 saturated carbocycles. The number of pyridine rings is 1. The Morgan fingerprint density at radius 1 is 1.04 bits per heavy atom. The van der Waals surface area contributed by atoms with E-state index in [0.717, 1.165) is 29.9 Å². The topological polar surface area (TPSA) is 104 Å². The Kier molecular flexibility index (Phi) is 9.54. The van der Waals surface area contributed by atoms with Crippen LogP contribution in [0.1, 0.15) is 67.7 Å². The maximum absolute atomic E-state index is 14.6. The highest BCUT2D eigenvalue weighted by Crippen LogP contribution is 2.33. The molecular formula is C36H41F2N5O4. The van der Waals surface area contributed by atoms with Crippen molar-refractivity contribution in [3.05, 3.63) is 77.2 Å². The van der Waals surface area contributed by atoms with E-state index in [4.69, 9.17) is 4.74 Å². The second-order valence-corrected chi connectivity index (χ2v) is 13.0. The molecule has 0 unspecified atom stereocenters. The first-order chi connectivity index (χ1) is 22.5. The number of hydrogen-bond acceptors (Lipinski definition) is 6. The molecule has 3 amide bonds. The molecule has 0 radical (unpaired) electrons. The SMILES string of the molecule is C[C@@H]1CN(c2ccc([C@H](C)NC(=O)[C@@H]3C[C@@H](F)CN3C(=O)CNC(=O)c3ccc4cc(F)ccc4n3)c(/C=C/C3CC3)c2)C[C@@H](C)O1. The van der Waals surface area contributed by atoms with E-state index in [1.807, 2.05) is 13.0 Å². The standard InChI is InChI=1S/C36H41F2N5O4/c1-21-18-42(19-22(2)47-21)29-10-11-30(25(15-29)7-6-24-4-5-24)23(3)40-36(46)33-16-28(38)20-43(33)34(44)17-39-35(45)32-12-8-26-14-27(37)9-13-31(26)41-32/h6-15,21-24,28,33H,4-5,16-20H2,1-3H3,(H,39,45)(H,40,46)/b7-6+/t21-,22-,23+,28-,33+/m1/s1. The highest BCUT2D eigenvalue weighted by atomic mass is 19.1. The zero-order valence-corrected chi connectivity index (χ0v) is 26.9. The molecule has 2 saturated heterocycles. The van der Waals surface area contributed by atoms with Crippen molar-refractivity contribution in [1.29, 1.82) is 0 Å². The second kappa shape index (κ2) is 13.8. The van der Waals surface area contributed by atoms with Gasteiger partial charge in [-0.3, -0.25) is 14.4 Å². The predicted molar refractivity (Wildman–Crippen MR) is 176 cm³/mol. The lowest BCUT2D eigenvalue weighted by Crippen LogP contribution is -2.49. The van der Waals surface area contributed by atoms with E-state index >= 15 is 0 Å². The summed E-state index contributed by atoms with van der Waals surface area (Å²) in [5.74, 6) is -1.46. The third kappa shape index (κ3) is 7.78. The fraction of sp³-hybridized carbons (Fsp3) is 0.444. The van der Waals surface area contributed by atoms with Gasteiger partial charge in [0, 0.05) is 30.6 Å². The van der Waals surface area contributed by atoms with Crippen LogP contribution >= 0.6 is 0 Å². The summed E-state index contributed by atoms with van der Waals surface area (Å²) in [7, 11) is 0. The van der Waals surface area contributed by atoms with E-state index in [-0.39, 0.29) is 30.9 Å². The van der Waals surface area contributed by atoms with Gasteiger partial charge in [0.25, 0.3) is 5.91 Å². The van der Waals surface area contributed by atoms with Crippen LogP contribution in [0, 0.1) is 11.7 Å². The zero-order valence-electron chi connectivity index (χ0n) is 26.9. The van der Waals surface area contributed by atoms with Gasteiger partial charge in [-0.25, -0.2) is 13.8 Å². The van der Waals surface area contributed by atoms with Gasteiger partial charge in [-0.05, 0) is 87.1 Å². The number of morpholine rings is 1. The number of carbonyl (C=O) groups excluding carboxylic acids is 3. The minimum absolute atomic E-state index is 0.0556. The first-order valence-electron chi connectivity index (χ1n) is 16.3. The molecule has 11 heteroatoms. The monoisotopic (exact) mass is 645 g/mol. The predicted octanol–water partition coefficient (Wildman–Crippen LogP) is 4.96. The first kappa shape index (κ1) is 32.6. The Balaban J connectivity index is 1.11. The Hall–Kier alpha value is -4.38. The molecule has 3 aliphatic rings. The summed E-state index contributed by atoms with van der Waals surface area (Å²) in [5.41, 5.74) is 3.51. The van der Waals surface area contributed by atoms with Crippen LogP contribution in [-0.2, 0) is 14.3 Å². The van der Waals surface area contributed by atoms with Crippen molar-refractivity contribution in [2.45, 2.75) is 70.5 Å². The Bertz CT molecular complexity index is 1690. The zero-order chi connectivity index (χ0) is 33.2. The molecule has 6 rings (SSSR count). The third-order valence-electron chi connectivity index (χ3n) is 9.01. The minimum atomic E-state index is -1.36. The molecule has 1 aromatic heterocycles. The summed E-state index contributed by atoms with van der Waals surface area (Å²) >= 11 is 0. The molecule has 3 aromatic rings. The summed E-state index contributed by atoms with van der Waals surface area (Å²) < 4.78 is 34.1. The third-order valence-corrected chi connectivity index (χ3v) is 9.01. The van der Waals surface area contributed by atoms with Crippen LogP contribution < -0.4 is 15.5 Å². The summed E-state index contributed by atoms with van der Waals surface area (Å²) in [5, 5.41) is 6.08. The Labute approximate surface area is 273 Å². The van der Waals surface area contributed by atoms with Crippen LogP contribution in [0.25, 0.3) is 17.0 Å². The lowest BCUT2D eigenvalue weighted by Gasteiger charge is -2.37. The number of alkyl halides is 1. The number of rotatable bonds is 9. The summed E-state index contributed by atoms with van der Waals surface area (Å²) in [4.78, 5) is 47.2. The normalized spacial score (nSPS) is 23.7. The van der Waals surface area contributed by atoms with Crippen LogP contribution in [0.15, 0.2) is 54.6 Å². The van der Waals surface area contributed by atoms with E-state index in [9.17, 15) is 23.2 Å². The maximum atomic E-state index is 14.6. The molecule has 248 valence electrons. The quantitative estimate of drug-likeness (QED) is 0.341. The van der Waals surface area contributed by atoms with E-state index in [1.54, 1.807) is 6.07 Å². The Morgan fingerprint density at radius 2 is 1.81 bits per heavy atom. The average molecular weight is 646 g/mol. The van der Waals surface area contributed by atoms with Gasteiger partial charge in [0.2, 0.25) is 11.8 Å². The van der Waals surface area contributed by atoms with Crippen molar-refractivity contribution in [2.75, 3.05) is 31.1 Å². The molecule has 3 heterocycles. The number of nitrogens with one attached hydrogen (secondary N) is 2. The summed E-state index contributed by atoms with van der Waals surface area (Å²) in [6, 6.07) is 11.9. The molecule has 1 aliphatic carbocycles. The number of fused-ring (bicyclic) bond motifs is 1. The molecule has 2 aromatic carbocycles. The molecule has 3 fully saturated rings. The number of ether oxygens (including phenoxy) is 1. The smallest absolute Gasteiger partial charge is 0.270 e. The number of aromatic nitrogens is 1. The molecule has 0 bridgehead atoms. The number of anilines is 1. The summed E-state index contributed by atoms with van der Waals surface area (Å²) in [6.07, 6.45) is 5.44. The van der Waals surface area contributed by atoms with Crippen LogP contribution in [0.5, 0.6) is 0 Å². The van der Waals surface area contributed by atoms with Gasteiger partial charge in [0.05, 0.1) is 36.9 Å². The van der Waals surface area contributed by atoms with Crippen LogP contribution in [-0.4, -0.2) is 78.2 Å². The van der Waals surface area contributed by atoms with Crippen molar-refractivity contribution in [3.63, 3.8) is 0 Å². The van der Waals surface area contributed by atoms with Crippen molar-refractivity contribution >= 4 is 40.4 Å². The first-order valence-corrected chi connectivity index (χ1v) is 16.3. The van der Waals surface area contributed by atoms with E-state index in [2.05, 4.69) is 58.6 Å². The van der Waals surface area contributed by atoms with Crippen molar-refractivity contribution < 1.29 is 27.9 Å². The number of carbonyl (C=O) groups is 3. The maximum Gasteiger partial charge on any atom is 0.270 e. The number of hydrogen-bond donors (Lipinski definition) is 2. The largest absolute Gasteiger partial charge is 0.372 e. The minimum Gasteiger partial charge on any atom is -0.372 e. The highest BCUT2D eigenvalue weighted by molar-refractivity contribution is 5.97. The van der Waals surface area contributed by atoms with E-state index < -0.39 is 48.3 Å². The molecule has 2 N–H and O–H groups in total. The molecular weight excluding hydrogens is 604 g/mol. The van der Waals surface area contributed by atoms with E-state index in [0.29, 0.717) is 16.8 Å². The van der Waals surface area contributed by atoms with Gasteiger partial charge in [-0.15, -0.1) is 0 Å². The van der Waals surface area contributed by atoms with Gasteiger partial charge in [-0.1, -0.05) is 24.3 Å². The van der Waals surface area contributed by atoms with Crippen molar-refractivity contribution in [1.82, 2.24) is 20.5 Å². The van der Waals surface area contributed by atoms with Gasteiger partial charge in [0.15, 0.2) is 0 Å². The second-order valence-electron chi connectivity index (χ2n) is 13.0.